The van der Waals surface area contributed by atoms with Gasteiger partial charge in [-0.2, -0.15) is 0 Å². The van der Waals surface area contributed by atoms with Crippen LogP contribution < -0.4 is 9.64 Å². The number of hydrogen-bond donors (Lipinski definition) is 0. The van der Waals surface area contributed by atoms with Gasteiger partial charge in [0.25, 0.3) is 5.91 Å². The molecule has 0 atom stereocenters. The zero-order valence-electron chi connectivity index (χ0n) is 18.9. The number of hydrogen-bond acceptors (Lipinski definition) is 5. The van der Waals surface area contributed by atoms with E-state index in [9.17, 15) is 4.79 Å². The van der Waals surface area contributed by atoms with Gasteiger partial charge in [-0.05, 0) is 67.6 Å². The zero-order valence-corrected chi connectivity index (χ0v) is 20.5. The minimum absolute atomic E-state index is 0.0263. The average molecular weight is 517 g/mol. The molecule has 1 fully saturated rings. The molecule has 0 bridgehead atoms. The summed E-state index contributed by atoms with van der Waals surface area (Å²) in [5, 5.41) is 0.848. The van der Waals surface area contributed by atoms with Gasteiger partial charge in [0.2, 0.25) is 0 Å². The number of nitrogens with zero attached hydrogens (tertiary/aromatic N) is 4. The summed E-state index contributed by atoms with van der Waals surface area (Å²) in [6.07, 6.45) is 1.80. The lowest BCUT2D eigenvalue weighted by Crippen LogP contribution is -2.49. The molecular weight excluding hydrogens is 492 g/mol. The first-order chi connectivity index (χ1) is 16.6. The molecule has 1 aliphatic rings. The maximum atomic E-state index is 13.7. The number of benzene rings is 2. The molecule has 2 aromatic carbocycles. The van der Waals surface area contributed by atoms with Crippen molar-refractivity contribution in [3.63, 3.8) is 0 Å². The van der Waals surface area contributed by atoms with E-state index < -0.39 is 0 Å². The molecule has 0 saturated carbocycles. The summed E-state index contributed by atoms with van der Waals surface area (Å²) in [5.74, 6) is 1.79. The molecule has 0 unspecified atom stereocenters. The summed E-state index contributed by atoms with van der Waals surface area (Å²) >= 11 is 3.55. The predicted octanol–water partition coefficient (Wildman–Crippen LogP) is 5.42. The Morgan fingerprint density at radius 3 is 2.50 bits per heavy atom. The van der Waals surface area contributed by atoms with Crippen LogP contribution in [-0.4, -0.2) is 53.6 Å². The number of aromatic nitrogens is 2. The van der Waals surface area contributed by atoms with E-state index in [0.29, 0.717) is 25.3 Å². The van der Waals surface area contributed by atoms with Crippen LogP contribution in [-0.2, 0) is 0 Å². The van der Waals surface area contributed by atoms with Gasteiger partial charge in [0.05, 0.1) is 23.4 Å². The quantitative estimate of drug-likeness (QED) is 0.354. The van der Waals surface area contributed by atoms with Crippen LogP contribution in [0.2, 0.25) is 0 Å². The van der Waals surface area contributed by atoms with Gasteiger partial charge in [0.15, 0.2) is 0 Å². The predicted molar refractivity (Wildman–Crippen MR) is 138 cm³/mol. The van der Waals surface area contributed by atoms with Gasteiger partial charge in [-0.25, -0.2) is 9.97 Å². The molecule has 1 aliphatic heterocycles. The van der Waals surface area contributed by atoms with Crippen molar-refractivity contribution in [1.82, 2.24) is 14.9 Å². The molecule has 5 rings (SSSR count). The maximum absolute atomic E-state index is 13.7. The second-order valence-electron chi connectivity index (χ2n) is 8.14. The Balaban J connectivity index is 1.45. The Hall–Kier alpha value is -3.45. The standard InChI is InChI=1S/C27H25BrN4O2/c1-2-34-21-9-6-19(7-10-21)25-18-23(22-17-20(28)8-11-24(22)30-25)27(33)32-15-13-31(14-16-32)26-5-3-4-12-29-26/h3-12,17-18H,2,13-16H2,1H3. The minimum Gasteiger partial charge on any atom is -0.494 e. The summed E-state index contributed by atoms with van der Waals surface area (Å²) in [6.45, 7) is 5.37. The first-order valence-electron chi connectivity index (χ1n) is 11.4. The van der Waals surface area contributed by atoms with Crippen LogP contribution in [0.3, 0.4) is 0 Å². The zero-order chi connectivity index (χ0) is 23.5. The summed E-state index contributed by atoms with van der Waals surface area (Å²) in [6, 6.07) is 21.5. The van der Waals surface area contributed by atoms with Crippen molar-refractivity contribution in [2.24, 2.45) is 0 Å². The van der Waals surface area contributed by atoms with Crippen LogP contribution in [0.4, 0.5) is 5.82 Å². The molecule has 2 aromatic heterocycles. The highest BCUT2D eigenvalue weighted by molar-refractivity contribution is 9.10. The lowest BCUT2D eigenvalue weighted by atomic mass is 10.0. The van der Waals surface area contributed by atoms with Gasteiger partial charge in [0, 0.05) is 47.8 Å². The van der Waals surface area contributed by atoms with Crippen LogP contribution >= 0.6 is 15.9 Å². The van der Waals surface area contributed by atoms with Crippen molar-refractivity contribution in [1.29, 1.82) is 0 Å². The Labute approximate surface area is 207 Å². The first kappa shape index (κ1) is 22.3. The second-order valence-corrected chi connectivity index (χ2v) is 9.06. The summed E-state index contributed by atoms with van der Waals surface area (Å²) in [7, 11) is 0. The number of ether oxygens (including phenoxy) is 1. The average Bonchev–Trinajstić information content (AvgIpc) is 2.89. The van der Waals surface area contributed by atoms with E-state index in [1.807, 2.05) is 78.6 Å². The van der Waals surface area contributed by atoms with Gasteiger partial charge in [0.1, 0.15) is 11.6 Å². The van der Waals surface area contributed by atoms with Crippen molar-refractivity contribution in [3.05, 3.63) is 83.0 Å². The third-order valence-electron chi connectivity index (χ3n) is 6.00. The molecule has 4 aromatic rings. The third kappa shape index (κ3) is 4.61. The van der Waals surface area contributed by atoms with E-state index in [-0.39, 0.29) is 5.91 Å². The molecule has 3 heterocycles. The van der Waals surface area contributed by atoms with Crippen molar-refractivity contribution in [2.45, 2.75) is 6.92 Å². The fourth-order valence-electron chi connectivity index (χ4n) is 4.26. The smallest absolute Gasteiger partial charge is 0.254 e. The molecule has 6 nitrogen and oxygen atoms in total. The van der Waals surface area contributed by atoms with Crippen molar-refractivity contribution in [2.75, 3.05) is 37.7 Å². The molecule has 0 radical (unpaired) electrons. The molecule has 1 amide bonds. The first-order valence-corrected chi connectivity index (χ1v) is 12.2. The summed E-state index contributed by atoms with van der Waals surface area (Å²) < 4.78 is 6.49. The van der Waals surface area contributed by atoms with Crippen LogP contribution in [0, 0.1) is 0 Å². The minimum atomic E-state index is 0.0263. The van der Waals surface area contributed by atoms with E-state index in [1.165, 1.54) is 0 Å². The molecule has 0 N–H and O–H groups in total. The van der Waals surface area contributed by atoms with Crippen LogP contribution in [0.5, 0.6) is 5.75 Å². The number of piperazine rings is 1. The highest BCUT2D eigenvalue weighted by Crippen LogP contribution is 2.29. The third-order valence-corrected chi connectivity index (χ3v) is 6.50. The number of rotatable bonds is 5. The van der Waals surface area contributed by atoms with Crippen molar-refractivity contribution < 1.29 is 9.53 Å². The van der Waals surface area contributed by atoms with Gasteiger partial charge in [-0.15, -0.1) is 0 Å². The van der Waals surface area contributed by atoms with Crippen LogP contribution in [0.15, 0.2) is 77.4 Å². The fraction of sp³-hybridized carbons (Fsp3) is 0.222. The van der Waals surface area contributed by atoms with Crippen molar-refractivity contribution >= 4 is 38.6 Å². The van der Waals surface area contributed by atoms with Crippen LogP contribution in [0.1, 0.15) is 17.3 Å². The maximum Gasteiger partial charge on any atom is 0.254 e. The van der Waals surface area contributed by atoms with Crippen molar-refractivity contribution in [3.8, 4) is 17.0 Å². The number of halogens is 1. The van der Waals surface area contributed by atoms with E-state index in [4.69, 9.17) is 9.72 Å². The largest absolute Gasteiger partial charge is 0.494 e. The molecule has 7 heteroatoms. The number of fused-ring (bicyclic) bond motifs is 1. The van der Waals surface area contributed by atoms with E-state index in [1.54, 1.807) is 6.20 Å². The second kappa shape index (κ2) is 9.81. The molecular formula is C27H25BrN4O2. The number of carbonyl (C=O) groups is 1. The summed E-state index contributed by atoms with van der Waals surface area (Å²) in [4.78, 5) is 27.2. The normalized spacial score (nSPS) is 13.8. The molecule has 34 heavy (non-hydrogen) atoms. The van der Waals surface area contributed by atoms with Gasteiger partial charge in [-0.3, -0.25) is 4.79 Å². The molecule has 1 saturated heterocycles. The lowest BCUT2D eigenvalue weighted by molar-refractivity contribution is 0.0748. The molecule has 0 aliphatic carbocycles. The molecule has 172 valence electrons. The highest BCUT2D eigenvalue weighted by atomic mass is 79.9. The Bertz CT molecular complexity index is 1300. The van der Waals surface area contributed by atoms with E-state index in [2.05, 4.69) is 25.8 Å². The van der Waals surface area contributed by atoms with E-state index >= 15 is 0 Å². The number of pyridine rings is 2. The van der Waals surface area contributed by atoms with Gasteiger partial charge >= 0.3 is 0 Å². The Kier molecular flexibility index (Phi) is 6.45. The number of anilines is 1. The molecule has 0 spiro atoms. The number of carbonyl (C=O) groups excluding carboxylic acids is 1. The fourth-order valence-corrected chi connectivity index (χ4v) is 4.62. The Morgan fingerprint density at radius 2 is 1.79 bits per heavy atom. The van der Waals surface area contributed by atoms with Gasteiger partial charge in [-0.1, -0.05) is 22.0 Å². The van der Waals surface area contributed by atoms with Crippen LogP contribution in [0.25, 0.3) is 22.2 Å². The SMILES string of the molecule is CCOc1ccc(-c2cc(C(=O)N3CCN(c4ccccn4)CC3)c3cc(Br)ccc3n2)cc1. The van der Waals surface area contributed by atoms with E-state index in [0.717, 1.165) is 51.3 Å². The van der Waals surface area contributed by atoms with Gasteiger partial charge < -0.3 is 14.5 Å². The summed E-state index contributed by atoms with van der Waals surface area (Å²) in [5.41, 5.74) is 3.18. The monoisotopic (exact) mass is 516 g/mol. The number of amides is 1. The highest BCUT2D eigenvalue weighted by Gasteiger charge is 2.25. The lowest BCUT2D eigenvalue weighted by Gasteiger charge is -2.35. The Morgan fingerprint density at radius 1 is 1.00 bits per heavy atom. The topological polar surface area (TPSA) is 58.6 Å².